The zero-order valence-electron chi connectivity index (χ0n) is 11.6. The summed E-state index contributed by atoms with van der Waals surface area (Å²) in [5.41, 5.74) is 2.95. The second-order valence-corrected chi connectivity index (χ2v) is 5.44. The Hall–Kier alpha value is -2.32. The zero-order chi connectivity index (χ0) is 14.2. The number of para-hydroxylation sites is 1. The number of aliphatic hydroxyl groups excluding tert-OH is 1. The summed E-state index contributed by atoms with van der Waals surface area (Å²) >= 11 is 0. The van der Waals surface area contributed by atoms with Crippen LogP contribution in [0.5, 0.6) is 5.75 Å². The number of hydrogen-bond acceptors (Lipinski definition) is 2. The Morgan fingerprint density at radius 3 is 2.67 bits per heavy atom. The molecule has 4 rings (SSSR count). The molecule has 0 saturated carbocycles. The summed E-state index contributed by atoms with van der Waals surface area (Å²) < 4.78 is 5.70. The van der Waals surface area contributed by atoms with Gasteiger partial charge < -0.3 is 9.84 Å². The zero-order valence-corrected chi connectivity index (χ0v) is 11.6. The van der Waals surface area contributed by atoms with Crippen LogP contribution in [0.25, 0.3) is 10.8 Å². The molecule has 1 heterocycles. The predicted octanol–water partition coefficient (Wildman–Crippen LogP) is 3.86. The van der Waals surface area contributed by atoms with E-state index in [-0.39, 0.29) is 0 Å². The monoisotopic (exact) mass is 276 g/mol. The Kier molecular flexibility index (Phi) is 2.90. The van der Waals surface area contributed by atoms with Crippen molar-refractivity contribution in [1.82, 2.24) is 0 Å². The quantitative estimate of drug-likeness (QED) is 0.770. The van der Waals surface area contributed by atoms with Crippen molar-refractivity contribution < 1.29 is 9.84 Å². The molecule has 1 aliphatic rings. The number of benzene rings is 3. The average Bonchev–Trinajstić information content (AvgIpc) is 3.02. The molecule has 0 aliphatic carbocycles. The average molecular weight is 276 g/mol. The molecule has 3 aromatic rings. The minimum absolute atomic E-state index is 0.650. The van der Waals surface area contributed by atoms with Crippen molar-refractivity contribution in [2.45, 2.75) is 12.5 Å². The van der Waals surface area contributed by atoms with Crippen molar-refractivity contribution in [2.24, 2.45) is 0 Å². The van der Waals surface area contributed by atoms with Crippen LogP contribution in [0, 0.1) is 0 Å². The third-order valence-corrected chi connectivity index (χ3v) is 4.13. The third kappa shape index (κ3) is 2.08. The van der Waals surface area contributed by atoms with Crippen molar-refractivity contribution >= 4 is 10.8 Å². The molecule has 104 valence electrons. The first-order chi connectivity index (χ1) is 10.3. The van der Waals surface area contributed by atoms with Gasteiger partial charge in [-0.05, 0) is 28.0 Å². The van der Waals surface area contributed by atoms with Gasteiger partial charge >= 0.3 is 0 Å². The molecule has 1 unspecified atom stereocenters. The lowest BCUT2D eigenvalue weighted by Crippen LogP contribution is -2.02. The van der Waals surface area contributed by atoms with Gasteiger partial charge in [-0.15, -0.1) is 0 Å². The molecule has 0 aromatic heterocycles. The Balaban J connectivity index is 1.80. The summed E-state index contributed by atoms with van der Waals surface area (Å²) in [4.78, 5) is 0. The smallest absolute Gasteiger partial charge is 0.128 e. The van der Waals surface area contributed by atoms with E-state index in [4.69, 9.17) is 4.74 Å². The first-order valence-corrected chi connectivity index (χ1v) is 7.24. The van der Waals surface area contributed by atoms with Crippen molar-refractivity contribution in [1.29, 1.82) is 0 Å². The normalized spacial score (nSPS) is 14.7. The molecule has 0 saturated heterocycles. The highest BCUT2D eigenvalue weighted by Gasteiger charge is 2.21. The molecular weight excluding hydrogens is 260 g/mol. The minimum Gasteiger partial charge on any atom is -0.493 e. The fraction of sp³-hybridized carbons (Fsp3) is 0.158. The Morgan fingerprint density at radius 2 is 1.76 bits per heavy atom. The van der Waals surface area contributed by atoms with E-state index < -0.39 is 6.10 Å². The number of ether oxygens (including phenoxy) is 1. The van der Waals surface area contributed by atoms with Gasteiger partial charge in [0.25, 0.3) is 0 Å². The van der Waals surface area contributed by atoms with Crippen LogP contribution < -0.4 is 4.74 Å². The second kappa shape index (κ2) is 4.90. The topological polar surface area (TPSA) is 29.5 Å². The fourth-order valence-corrected chi connectivity index (χ4v) is 3.01. The molecule has 0 fully saturated rings. The first kappa shape index (κ1) is 12.4. The largest absolute Gasteiger partial charge is 0.493 e. The Bertz CT molecular complexity index is 808. The third-order valence-electron chi connectivity index (χ3n) is 4.13. The fourth-order valence-electron chi connectivity index (χ4n) is 3.01. The molecule has 0 bridgehead atoms. The highest BCUT2D eigenvalue weighted by molar-refractivity contribution is 5.83. The molecule has 3 aromatic carbocycles. The Labute approximate surface area is 123 Å². The molecule has 0 radical (unpaired) electrons. The molecule has 2 nitrogen and oxygen atoms in total. The second-order valence-electron chi connectivity index (χ2n) is 5.44. The van der Waals surface area contributed by atoms with E-state index in [2.05, 4.69) is 24.3 Å². The van der Waals surface area contributed by atoms with Crippen LogP contribution in [-0.4, -0.2) is 11.7 Å². The SMILES string of the molecule is OC(c1ccc2ccccc2c1)c1cccc2c1OCC2. The van der Waals surface area contributed by atoms with Crippen LogP contribution in [0.15, 0.2) is 60.7 Å². The molecule has 2 heteroatoms. The summed E-state index contributed by atoms with van der Waals surface area (Å²) in [7, 11) is 0. The van der Waals surface area contributed by atoms with Crippen LogP contribution in [0.3, 0.4) is 0 Å². The van der Waals surface area contributed by atoms with Gasteiger partial charge in [-0.1, -0.05) is 54.6 Å². The van der Waals surface area contributed by atoms with Crippen LogP contribution >= 0.6 is 0 Å². The van der Waals surface area contributed by atoms with E-state index in [1.54, 1.807) is 0 Å². The predicted molar refractivity (Wildman–Crippen MR) is 83.7 cm³/mol. The van der Waals surface area contributed by atoms with Gasteiger partial charge in [0.1, 0.15) is 11.9 Å². The molecule has 0 spiro atoms. The van der Waals surface area contributed by atoms with Crippen LogP contribution in [0.2, 0.25) is 0 Å². The number of aliphatic hydroxyl groups is 1. The lowest BCUT2D eigenvalue weighted by Gasteiger charge is -2.15. The molecule has 1 atom stereocenters. The first-order valence-electron chi connectivity index (χ1n) is 7.24. The standard InChI is InChI=1S/C19H16O2/c20-18(17-7-3-6-14-10-11-21-19(14)17)16-9-8-13-4-1-2-5-15(13)12-16/h1-9,12,18,20H,10-11H2. The summed E-state index contributed by atoms with van der Waals surface area (Å²) in [5.74, 6) is 0.859. The maximum atomic E-state index is 10.7. The minimum atomic E-state index is -0.650. The molecule has 1 aliphatic heterocycles. The molecule has 21 heavy (non-hydrogen) atoms. The lowest BCUT2D eigenvalue weighted by molar-refractivity contribution is 0.214. The lowest BCUT2D eigenvalue weighted by atomic mass is 9.96. The van der Waals surface area contributed by atoms with E-state index in [0.717, 1.165) is 28.7 Å². The van der Waals surface area contributed by atoms with Crippen molar-refractivity contribution in [2.75, 3.05) is 6.61 Å². The van der Waals surface area contributed by atoms with Gasteiger partial charge in [-0.2, -0.15) is 0 Å². The van der Waals surface area contributed by atoms with E-state index >= 15 is 0 Å². The highest BCUT2D eigenvalue weighted by atomic mass is 16.5. The maximum absolute atomic E-state index is 10.7. The van der Waals surface area contributed by atoms with Gasteiger partial charge in [0.15, 0.2) is 0 Å². The Morgan fingerprint density at radius 1 is 0.905 bits per heavy atom. The number of rotatable bonds is 2. The van der Waals surface area contributed by atoms with Crippen LogP contribution in [0.4, 0.5) is 0 Å². The van der Waals surface area contributed by atoms with Crippen molar-refractivity contribution in [3.05, 3.63) is 77.4 Å². The van der Waals surface area contributed by atoms with Gasteiger partial charge in [0, 0.05) is 12.0 Å². The summed E-state index contributed by atoms with van der Waals surface area (Å²) in [6.45, 7) is 0.705. The highest BCUT2D eigenvalue weighted by Crippen LogP contribution is 2.36. The van der Waals surface area contributed by atoms with Gasteiger partial charge in [-0.25, -0.2) is 0 Å². The van der Waals surface area contributed by atoms with E-state index in [1.807, 2.05) is 36.4 Å². The van der Waals surface area contributed by atoms with E-state index in [9.17, 15) is 5.11 Å². The molecular formula is C19H16O2. The van der Waals surface area contributed by atoms with Crippen molar-refractivity contribution in [3.63, 3.8) is 0 Å². The summed E-state index contributed by atoms with van der Waals surface area (Å²) in [6, 6.07) is 20.3. The van der Waals surface area contributed by atoms with Crippen LogP contribution in [0.1, 0.15) is 22.8 Å². The molecule has 0 amide bonds. The number of fused-ring (bicyclic) bond motifs is 2. The maximum Gasteiger partial charge on any atom is 0.128 e. The number of hydrogen-bond donors (Lipinski definition) is 1. The van der Waals surface area contributed by atoms with Crippen molar-refractivity contribution in [3.8, 4) is 5.75 Å². The van der Waals surface area contributed by atoms with Crippen LogP contribution in [-0.2, 0) is 6.42 Å². The van der Waals surface area contributed by atoms with E-state index in [1.165, 1.54) is 10.9 Å². The summed E-state index contributed by atoms with van der Waals surface area (Å²) in [5, 5.41) is 13.1. The summed E-state index contributed by atoms with van der Waals surface area (Å²) in [6.07, 6.45) is 0.274. The van der Waals surface area contributed by atoms with E-state index in [0.29, 0.717) is 6.61 Å². The molecule has 1 N–H and O–H groups in total. The van der Waals surface area contributed by atoms with Gasteiger partial charge in [-0.3, -0.25) is 0 Å². The van der Waals surface area contributed by atoms with Gasteiger partial charge in [0.05, 0.1) is 6.61 Å². The van der Waals surface area contributed by atoms with Gasteiger partial charge in [0.2, 0.25) is 0 Å².